The van der Waals surface area contributed by atoms with Crippen LogP contribution in [0.1, 0.15) is 21.5 Å². The molecule has 3 aromatic carbocycles. The number of halogens is 3. The molecule has 0 amide bonds. The number of rotatable bonds is 7. The molecule has 0 unspecified atom stereocenters. The van der Waals surface area contributed by atoms with E-state index in [0.717, 1.165) is 11.1 Å². The zero-order chi connectivity index (χ0) is 20.8. The SMILES string of the molecule is COc1ccc(C=CC(=O)c2ccc(F)cc2)cc1COc1ccc(Cl)cc1Cl. The maximum Gasteiger partial charge on any atom is 0.185 e. The number of carbonyl (C=O) groups excluding carboxylic acids is 1. The third-order valence-electron chi connectivity index (χ3n) is 4.14. The van der Waals surface area contributed by atoms with Crippen LogP contribution in [0.3, 0.4) is 0 Å². The number of hydrogen-bond donors (Lipinski definition) is 0. The molecule has 3 nitrogen and oxygen atoms in total. The standard InChI is InChI=1S/C23H17Cl2FO3/c1-28-22-10-3-15(2-9-21(27)16-4-7-19(26)8-5-16)12-17(22)14-29-23-11-6-18(24)13-20(23)25/h2-13H,14H2,1H3. The van der Waals surface area contributed by atoms with Crippen molar-refractivity contribution in [1.82, 2.24) is 0 Å². The van der Waals surface area contributed by atoms with Gasteiger partial charge in [0.05, 0.1) is 12.1 Å². The van der Waals surface area contributed by atoms with Crippen LogP contribution in [0.15, 0.2) is 66.7 Å². The molecule has 0 saturated heterocycles. The van der Waals surface area contributed by atoms with Crippen LogP contribution < -0.4 is 9.47 Å². The van der Waals surface area contributed by atoms with Crippen LogP contribution >= 0.6 is 23.2 Å². The summed E-state index contributed by atoms with van der Waals surface area (Å²) >= 11 is 12.0. The molecule has 0 fully saturated rings. The highest BCUT2D eigenvalue weighted by Gasteiger charge is 2.08. The van der Waals surface area contributed by atoms with E-state index in [2.05, 4.69) is 0 Å². The summed E-state index contributed by atoms with van der Waals surface area (Å²) in [6.45, 7) is 0.220. The zero-order valence-corrected chi connectivity index (χ0v) is 17.0. The number of ether oxygens (including phenoxy) is 2. The van der Waals surface area contributed by atoms with Crippen molar-refractivity contribution in [3.63, 3.8) is 0 Å². The monoisotopic (exact) mass is 430 g/mol. The minimum Gasteiger partial charge on any atom is -0.496 e. The molecular weight excluding hydrogens is 414 g/mol. The van der Waals surface area contributed by atoms with Gasteiger partial charge in [-0.25, -0.2) is 4.39 Å². The van der Waals surface area contributed by atoms with Crippen molar-refractivity contribution in [3.05, 3.63) is 99.3 Å². The van der Waals surface area contributed by atoms with Crippen molar-refractivity contribution >= 4 is 35.1 Å². The lowest BCUT2D eigenvalue weighted by Crippen LogP contribution is -2.00. The first kappa shape index (κ1) is 20.9. The molecule has 0 saturated carbocycles. The number of allylic oxidation sites excluding steroid dienone is 1. The largest absolute Gasteiger partial charge is 0.496 e. The molecule has 3 rings (SSSR count). The predicted octanol–water partition coefficient (Wildman–Crippen LogP) is 6.62. The van der Waals surface area contributed by atoms with Gasteiger partial charge in [-0.05, 0) is 66.2 Å². The molecule has 0 aliphatic heterocycles. The van der Waals surface area contributed by atoms with Crippen molar-refractivity contribution in [3.8, 4) is 11.5 Å². The van der Waals surface area contributed by atoms with Crippen molar-refractivity contribution in [2.45, 2.75) is 6.61 Å². The van der Waals surface area contributed by atoms with Gasteiger partial charge in [-0.15, -0.1) is 0 Å². The average Bonchev–Trinajstić information content (AvgIpc) is 2.72. The molecule has 0 bridgehead atoms. The lowest BCUT2D eigenvalue weighted by Gasteiger charge is -2.12. The van der Waals surface area contributed by atoms with Gasteiger partial charge in [0.1, 0.15) is 23.9 Å². The van der Waals surface area contributed by atoms with Gasteiger partial charge in [0.25, 0.3) is 0 Å². The fourth-order valence-corrected chi connectivity index (χ4v) is 3.11. The summed E-state index contributed by atoms with van der Waals surface area (Å²) in [6, 6.07) is 15.9. The van der Waals surface area contributed by atoms with Crippen LogP contribution in [0, 0.1) is 5.82 Å². The molecule has 6 heteroatoms. The van der Waals surface area contributed by atoms with Gasteiger partial charge >= 0.3 is 0 Å². The van der Waals surface area contributed by atoms with Crippen LogP contribution in [0.2, 0.25) is 10.0 Å². The summed E-state index contributed by atoms with van der Waals surface area (Å²) in [6.07, 6.45) is 3.12. The Balaban J connectivity index is 1.75. The van der Waals surface area contributed by atoms with Crippen LogP contribution in [0.4, 0.5) is 4.39 Å². The molecule has 0 heterocycles. The molecule has 29 heavy (non-hydrogen) atoms. The Morgan fingerprint density at radius 3 is 2.41 bits per heavy atom. The lowest BCUT2D eigenvalue weighted by atomic mass is 10.1. The smallest absolute Gasteiger partial charge is 0.185 e. The van der Waals surface area contributed by atoms with E-state index < -0.39 is 0 Å². The minimum absolute atomic E-state index is 0.216. The van der Waals surface area contributed by atoms with Crippen LogP contribution in [0.25, 0.3) is 6.08 Å². The molecular formula is C23H17Cl2FO3. The Kier molecular flexibility index (Phi) is 6.91. The van der Waals surface area contributed by atoms with E-state index >= 15 is 0 Å². The van der Waals surface area contributed by atoms with Crippen LogP contribution in [-0.2, 0) is 6.61 Å². The van der Waals surface area contributed by atoms with Gasteiger partial charge in [-0.1, -0.05) is 35.3 Å². The summed E-state index contributed by atoms with van der Waals surface area (Å²) in [5.41, 5.74) is 1.99. The lowest BCUT2D eigenvalue weighted by molar-refractivity contribution is 0.104. The molecule has 3 aromatic rings. The van der Waals surface area contributed by atoms with E-state index in [9.17, 15) is 9.18 Å². The Morgan fingerprint density at radius 1 is 1.00 bits per heavy atom. The number of ketones is 1. The Hall–Kier alpha value is -2.82. The average molecular weight is 431 g/mol. The van der Waals surface area contributed by atoms with Gasteiger partial charge in [0, 0.05) is 16.1 Å². The molecule has 0 aliphatic rings. The van der Waals surface area contributed by atoms with E-state index in [1.807, 2.05) is 12.1 Å². The summed E-state index contributed by atoms with van der Waals surface area (Å²) in [7, 11) is 1.57. The van der Waals surface area contributed by atoms with Gasteiger partial charge in [-0.3, -0.25) is 4.79 Å². The van der Waals surface area contributed by atoms with Crippen LogP contribution in [-0.4, -0.2) is 12.9 Å². The topological polar surface area (TPSA) is 35.5 Å². The third-order valence-corrected chi connectivity index (χ3v) is 4.67. The highest BCUT2D eigenvalue weighted by molar-refractivity contribution is 6.35. The quantitative estimate of drug-likeness (QED) is 0.312. The maximum atomic E-state index is 13.0. The molecule has 148 valence electrons. The number of hydrogen-bond acceptors (Lipinski definition) is 3. The molecule has 0 spiro atoms. The summed E-state index contributed by atoms with van der Waals surface area (Å²) in [5.74, 6) is 0.556. The fraction of sp³-hybridized carbons (Fsp3) is 0.0870. The molecule has 0 radical (unpaired) electrons. The first-order valence-corrected chi connectivity index (χ1v) is 9.44. The van der Waals surface area contributed by atoms with E-state index in [-0.39, 0.29) is 18.2 Å². The molecule has 0 aliphatic carbocycles. The Morgan fingerprint density at radius 2 is 1.72 bits per heavy atom. The van der Waals surface area contributed by atoms with Gasteiger partial charge < -0.3 is 9.47 Å². The maximum absolute atomic E-state index is 13.0. The molecule has 0 aromatic heterocycles. The molecule has 0 N–H and O–H groups in total. The predicted molar refractivity (Wildman–Crippen MR) is 114 cm³/mol. The minimum atomic E-state index is -0.383. The normalized spacial score (nSPS) is 10.9. The third kappa shape index (κ3) is 5.59. The van der Waals surface area contributed by atoms with Crippen LogP contribution in [0.5, 0.6) is 11.5 Å². The van der Waals surface area contributed by atoms with E-state index in [1.165, 1.54) is 30.3 Å². The van der Waals surface area contributed by atoms with Crippen molar-refractivity contribution in [1.29, 1.82) is 0 Å². The highest BCUT2D eigenvalue weighted by atomic mass is 35.5. The van der Waals surface area contributed by atoms with Crippen molar-refractivity contribution < 1.29 is 18.7 Å². The second-order valence-electron chi connectivity index (χ2n) is 6.14. The fourth-order valence-electron chi connectivity index (χ4n) is 2.65. The van der Waals surface area contributed by atoms with E-state index in [1.54, 1.807) is 37.5 Å². The second kappa shape index (κ2) is 9.59. The Labute approximate surface area is 178 Å². The number of carbonyl (C=O) groups is 1. The molecule has 0 atom stereocenters. The zero-order valence-electron chi connectivity index (χ0n) is 15.5. The van der Waals surface area contributed by atoms with E-state index in [0.29, 0.717) is 27.1 Å². The van der Waals surface area contributed by atoms with Gasteiger partial charge in [0.15, 0.2) is 5.78 Å². The van der Waals surface area contributed by atoms with Crippen molar-refractivity contribution in [2.75, 3.05) is 7.11 Å². The summed E-state index contributed by atoms with van der Waals surface area (Å²) in [4.78, 5) is 12.2. The van der Waals surface area contributed by atoms with E-state index in [4.69, 9.17) is 32.7 Å². The summed E-state index contributed by atoms with van der Waals surface area (Å²) < 4.78 is 24.2. The van der Waals surface area contributed by atoms with Gasteiger partial charge in [0.2, 0.25) is 0 Å². The second-order valence-corrected chi connectivity index (χ2v) is 6.98. The first-order valence-electron chi connectivity index (χ1n) is 8.69. The number of benzene rings is 3. The highest BCUT2D eigenvalue weighted by Crippen LogP contribution is 2.29. The first-order chi connectivity index (χ1) is 14.0. The van der Waals surface area contributed by atoms with Crippen molar-refractivity contribution in [2.24, 2.45) is 0 Å². The number of methoxy groups -OCH3 is 1. The summed E-state index contributed by atoms with van der Waals surface area (Å²) in [5, 5.41) is 0.940. The van der Waals surface area contributed by atoms with Gasteiger partial charge in [-0.2, -0.15) is 0 Å². The Bertz CT molecular complexity index is 1050.